The van der Waals surface area contributed by atoms with E-state index in [1.54, 1.807) is 12.1 Å². The van der Waals surface area contributed by atoms with Gasteiger partial charge in [-0.05, 0) is 60.4 Å². The van der Waals surface area contributed by atoms with E-state index in [-0.39, 0.29) is 28.8 Å². The van der Waals surface area contributed by atoms with Crippen molar-refractivity contribution < 1.29 is 22.8 Å². The Kier molecular flexibility index (Phi) is 6.67. The smallest absolute Gasteiger partial charge is 0.266 e. The van der Waals surface area contributed by atoms with Crippen LogP contribution in [0.15, 0.2) is 52.9 Å². The van der Waals surface area contributed by atoms with Crippen LogP contribution in [0.1, 0.15) is 34.3 Å². The van der Waals surface area contributed by atoms with Crippen LogP contribution in [0.3, 0.4) is 0 Å². The number of pyridine rings is 1. The Morgan fingerprint density at radius 1 is 1.06 bits per heavy atom. The van der Waals surface area contributed by atoms with E-state index in [0.29, 0.717) is 21.0 Å². The topological polar surface area (TPSA) is 105 Å². The van der Waals surface area contributed by atoms with E-state index in [1.165, 1.54) is 24.4 Å². The van der Waals surface area contributed by atoms with Crippen LogP contribution in [-0.4, -0.2) is 49.8 Å². The number of imide groups is 1. The lowest BCUT2D eigenvalue weighted by molar-refractivity contribution is -0.118. The number of hydrogen-bond donors (Lipinski definition) is 0. The quantitative estimate of drug-likeness (QED) is 0.418. The highest BCUT2D eigenvalue weighted by atomic mass is 35.5. The van der Waals surface area contributed by atoms with Gasteiger partial charge in [-0.15, -0.1) is 11.3 Å². The first-order chi connectivity index (χ1) is 17.2. The Balaban J connectivity index is 1.28. The summed E-state index contributed by atoms with van der Waals surface area (Å²) in [4.78, 5) is 45.9. The molecular formula is C25H22ClN3O5S2. The molecule has 5 rings (SSSR count). The van der Waals surface area contributed by atoms with Gasteiger partial charge in [-0.2, -0.15) is 0 Å². The van der Waals surface area contributed by atoms with Crippen molar-refractivity contribution >= 4 is 61.9 Å². The van der Waals surface area contributed by atoms with Gasteiger partial charge in [-0.1, -0.05) is 17.7 Å². The van der Waals surface area contributed by atoms with Gasteiger partial charge in [0.15, 0.2) is 15.6 Å². The standard InChI is InChI=1S/C25H22ClN3O5S2/c26-21-6-8-24(35-21)36(33,34)15-19(30)11-16-3-7-22(27-14-16)29-23(31)13-17-12-18(28-9-1-2-10-28)4-5-20(17)25(29)32/h3-8,12,14H,1-2,9-11,13,15H2. The second kappa shape index (κ2) is 9.76. The van der Waals surface area contributed by atoms with Crippen molar-refractivity contribution in [1.29, 1.82) is 0 Å². The predicted molar refractivity (Wildman–Crippen MR) is 138 cm³/mol. The molecule has 1 fully saturated rings. The summed E-state index contributed by atoms with van der Waals surface area (Å²) in [5, 5.41) is 0. The number of anilines is 2. The first-order valence-corrected chi connectivity index (χ1v) is 14.3. The monoisotopic (exact) mass is 543 g/mol. The molecule has 1 saturated heterocycles. The molecule has 3 aromatic rings. The zero-order valence-electron chi connectivity index (χ0n) is 19.1. The van der Waals surface area contributed by atoms with Crippen molar-refractivity contribution in [3.63, 3.8) is 0 Å². The van der Waals surface area contributed by atoms with E-state index in [9.17, 15) is 22.8 Å². The van der Waals surface area contributed by atoms with Crippen LogP contribution in [0.25, 0.3) is 0 Å². The highest BCUT2D eigenvalue weighted by molar-refractivity contribution is 7.94. The summed E-state index contributed by atoms with van der Waals surface area (Å²) in [5.74, 6) is -1.79. The van der Waals surface area contributed by atoms with Crippen molar-refractivity contribution in [2.45, 2.75) is 29.9 Å². The molecule has 0 atom stereocenters. The van der Waals surface area contributed by atoms with Crippen LogP contribution in [0.4, 0.5) is 11.5 Å². The number of rotatable bonds is 7. The summed E-state index contributed by atoms with van der Waals surface area (Å²) in [7, 11) is -3.77. The van der Waals surface area contributed by atoms with Gasteiger partial charge in [0.1, 0.15) is 15.8 Å². The van der Waals surface area contributed by atoms with Crippen LogP contribution < -0.4 is 9.80 Å². The third-order valence-corrected chi connectivity index (χ3v) is 9.72. The molecule has 4 heterocycles. The van der Waals surface area contributed by atoms with Gasteiger partial charge in [-0.3, -0.25) is 14.4 Å². The van der Waals surface area contributed by atoms with E-state index in [4.69, 9.17) is 11.6 Å². The Morgan fingerprint density at radius 3 is 2.50 bits per heavy atom. The maximum atomic E-state index is 13.1. The molecule has 36 heavy (non-hydrogen) atoms. The number of aromatic nitrogens is 1. The largest absolute Gasteiger partial charge is 0.372 e. The SMILES string of the molecule is O=C(Cc1ccc(N2C(=O)Cc3cc(N4CCCC4)ccc3C2=O)nc1)CS(=O)(=O)c1ccc(Cl)s1. The van der Waals surface area contributed by atoms with Crippen LogP contribution in [0, 0.1) is 0 Å². The number of carbonyl (C=O) groups excluding carboxylic acids is 3. The highest BCUT2D eigenvalue weighted by Gasteiger charge is 2.33. The molecule has 1 aromatic carbocycles. The van der Waals surface area contributed by atoms with Crippen LogP contribution in [0.2, 0.25) is 4.34 Å². The summed E-state index contributed by atoms with van der Waals surface area (Å²) in [6.07, 6.45) is 3.60. The lowest BCUT2D eigenvalue weighted by Gasteiger charge is -2.27. The van der Waals surface area contributed by atoms with Crippen LogP contribution in [0.5, 0.6) is 0 Å². The van der Waals surface area contributed by atoms with Crippen LogP contribution >= 0.6 is 22.9 Å². The third kappa shape index (κ3) is 4.93. The molecule has 2 aliphatic heterocycles. The van der Waals surface area contributed by atoms with Gasteiger partial charge in [0.25, 0.3) is 5.91 Å². The molecule has 8 nitrogen and oxygen atoms in total. The van der Waals surface area contributed by atoms with Gasteiger partial charge in [-0.25, -0.2) is 18.3 Å². The fourth-order valence-corrected chi connectivity index (χ4v) is 7.31. The number of nitrogens with zero attached hydrogens (tertiary/aromatic N) is 3. The summed E-state index contributed by atoms with van der Waals surface area (Å²) >= 11 is 6.71. The minimum Gasteiger partial charge on any atom is -0.372 e. The molecule has 0 radical (unpaired) electrons. The van der Waals surface area contributed by atoms with Crippen molar-refractivity contribution in [2.75, 3.05) is 28.6 Å². The van der Waals surface area contributed by atoms with Gasteiger partial charge < -0.3 is 4.90 Å². The molecule has 0 spiro atoms. The molecule has 0 N–H and O–H groups in total. The Bertz CT molecular complexity index is 1460. The average Bonchev–Trinajstić information content (AvgIpc) is 3.52. The number of amides is 2. The van der Waals surface area contributed by atoms with Crippen molar-refractivity contribution in [1.82, 2.24) is 4.98 Å². The van der Waals surface area contributed by atoms with Gasteiger partial charge in [0.05, 0.1) is 10.8 Å². The number of thiophene rings is 1. The number of carbonyl (C=O) groups is 3. The second-order valence-electron chi connectivity index (χ2n) is 8.80. The number of fused-ring (bicyclic) bond motifs is 1. The molecule has 2 amide bonds. The number of halogens is 1. The molecule has 2 aliphatic rings. The first kappa shape index (κ1) is 24.6. The molecular weight excluding hydrogens is 522 g/mol. The van der Waals surface area contributed by atoms with E-state index >= 15 is 0 Å². The lowest BCUT2D eigenvalue weighted by atomic mass is 9.97. The van der Waals surface area contributed by atoms with Crippen molar-refractivity contribution in [2.24, 2.45) is 0 Å². The maximum Gasteiger partial charge on any atom is 0.266 e. The summed E-state index contributed by atoms with van der Waals surface area (Å²) < 4.78 is 25.2. The number of ketones is 1. The highest BCUT2D eigenvalue weighted by Crippen LogP contribution is 2.30. The molecule has 0 bridgehead atoms. The number of sulfone groups is 1. The number of benzene rings is 1. The van der Waals surface area contributed by atoms with E-state index in [0.717, 1.165) is 47.9 Å². The third-order valence-electron chi connectivity index (χ3n) is 6.23. The van der Waals surface area contributed by atoms with Crippen LogP contribution in [-0.2, 0) is 32.3 Å². The van der Waals surface area contributed by atoms with Gasteiger partial charge >= 0.3 is 0 Å². The van der Waals surface area contributed by atoms with Crippen molar-refractivity contribution in [3.8, 4) is 0 Å². The number of hydrogen-bond acceptors (Lipinski definition) is 8. The summed E-state index contributed by atoms with van der Waals surface area (Å²) in [5.41, 5.74) is 2.69. The maximum absolute atomic E-state index is 13.1. The molecule has 11 heteroatoms. The Labute approximate surface area is 217 Å². The van der Waals surface area contributed by atoms with Gasteiger partial charge in [0.2, 0.25) is 5.91 Å². The minimum absolute atomic E-state index is 0.0456. The second-order valence-corrected chi connectivity index (χ2v) is 12.7. The predicted octanol–water partition coefficient (Wildman–Crippen LogP) is 3.71. The number of Topliss-reactive ketones (excluding diaryl/α,β-unsaturated/α-hetero) is 1. The molecule has 0 saturated carbocycles. The van der Waals surface area contributed by atoms with Crippen molar-refractivity contribution in [3.05, 3.63) is 69.7 Å². The first-order valence-electron chi connectivity index (χ1n) is 11.4. The molecule has 186 valence electrons. The summed E-state index contributed by atoms with van der Waals surface area (Å²) in [6.45, 7) is 1.94. The van der Waals surface area contributed by atoms with E-state index in [2.05, 4.69) is 9.88 Å². The molecule has 2 aromatic heterocycles. The van der Waals surface area contributed by atoms with E-state index < -0.39 is 27.3 Å². The summed E-state index contributed by atoms with van der Waals surface area (Å²) in [6, 6.07) is 11.5. The fraction of sp³-hybridized carbons (Fsp3) is 0.280. The molecule has 0 aliphatic carbocycles. The Hall–Kier alpha value is -3.08. The fourth-order valence-electron chi connectivity index (χ4n) is 4.49. The normalized spacial score (nSPS) is 15.9. The van der Waals surface area contributed by atoms with Gasteiger partial charge in [0, 0.05) is 37.0 Å². The lowest BCUT2D eigenvalue weighted by Crippen LogP contribution is -2.43. The average molecular weight is 544 g/mol. The van der Waals surface area contributed by atoms with E-state index in [1.807, 2.05) is 12.1 Å². The minimum atomic E-state index is -3.77. The Morgan fingerprint density at radius 2 is 1.83 bits per heavy atom. The molecule has 0 unspecified atom stereocenters. The zero-order valence-corrected chi connectivity index (χ0v) is 21.5. The zero-order chi connectivity index (χ0) is 25.4.